The molecule has 0 fully saturated rings. The van der Waals surface area contributed by atoms with Gasteiger partial charge in [0.2, 0.25) is 0 Å². The fraction of sp³-hybridized carbons (Fsp3) is 0.375. The molecule has 0 saturated carbocycles. The number of fused-ring (bicyclic) bond motifs is 1. The molecule has 0 aliphatic carbocycles. The minimum atomic E-state index is -0.905. The molecule has 21 heavy (non-hydrogen) atoms. The summed E-state index contributed by atoms with van der Waals surface area (Å²) >= 11 is 0. The van der Waals surface area contributed by atoms with E-state index in [0.29, 0.717) is 5.69 Å². The lowest BCUT2D eigenvalue weighted by molar-refractivity contribution is -0.141. The normalized spacial score (nSPS) is 12.4. The van der Waals surface area contributed by atoms with Crippen molar-refractivity contribution >= 4 is 22.8 Å². The molecule has 5 heteroatoms. The number of aliphatic carboxylic acids is 1. The Balaban J connectivity index is 2.27. The molecule has 1 unspecified atom stereocenters. The number of nitrogens with one attached hydrogen (secondary N) is 1. The van der Waals surface area contributed by atoms with Gasteiger partial charge in [-0.1, -0.05) is 13.0 Å². The van der Waals surface area contributed by atoms with Crippen LogP contribution in [-0.2, 0) is 4.79 Å². The van der Waals surface area contributed by atoms with E-state index in [-0.39, 0.29) is 12.5 Å². The highest BCUT2D eigenvalue weighted by molar-refractivity contribution is 5.99. The standard InChI is InChI=1S/C16H20N2O3/c1-9-5-6-13-12(11(9)3)7-14(17-13)15(19)18(4)8-10(2)16(20)21/h5-7,10,17H,8H2,1-4H3,(H,20,21). The number of carbonyl (C=O) groups excluding carboxylic acids is 1. The second-order valence-corrected chi connectivity index (χ2v) is 5.58. The molecule has 1 amide bonds. The highest BCUT2D eigenvalue weighted by Crippen LogP contribution is 2.23. The number of aromatic nitrogens is 1. The summed E-state index contributed by atoms with van der Waals surface area (Å²) in [6, 6.07) is 5.80. The molecule has 0 radical (unpaired) electrons. The number of hydrogen-bond acceptors (Lipinski definition) is 2. The van der Waals surface area contributed by atoms with Gasteiger partial charge in [-0.05, 0) is 37.1 Å². The van der Waals surface area contributed by atoms with Crippen LogP contribution in [0.15, 0.2) is 18.2 Å². The number of amides is 1. The van der Waals surface area contributed by atoms with Crippen molar-refractivity contribution in [1.82, 2.24) is 9.88 Å². The Morgan fingerprint density at radius 1 is 1.33 bits per heavy atom. The minimum Gasteiger partial charge on any atom is -0.481 e. The molecule has 2 rings (SSSR count). The number of nitrogens with zero attached hydrogens (tertiary/aromatic N) is 1. The lowest BCUT2D eigenvalue weighted by Crippen LogP contribution is -2.33. The molecule has 1 aromatic heterocycles. The SMILES string of the molecule is Cc1ccc2[nH]c(C(=O)N(C)CC(C)C(=O)O)cc2c1C. The van der Waals surface area contributed by atoms with Crippen molar-refractivity contribution in [2.45, 2.75) is 20.8 Å². The Morgan fingerprint density at radius 3 is 2.62 bits per heavy atom. The van der Waals surface area contributed by atoms with Gasteiger partial charge in [-0.3, -0.25) is 9.59 Å². The highest BCUT2D eigenvalue weighted by atomic mass is 16.4. The zero-order valence-corrected chi connectivity index (χ0v) is 12.7. The van der Waals surface area contributed by atoms with Gasteiger partial charge in [0, 0.05) is 24.5 Å². The number of hydrogen-bond donors (Lipinski definition) is 2. The van der Waals surface area contributed by atoms with Crippen LogP contribution in [0.2, 0.25) is 0 Å². The van der Waals surface area contributed by atoms with E-state index in [0.717, 1.165) is 16.5 Å². The maximum atomic E-state index is 12.4. The van der Waals surface area contributed by atoms with Crippen LogP contribution in [0.5, 0.6) is 0 Å². The molecule has 0 spiro atoms. The summed E-state index contributed by atoms with van der Waals surface area (Å²) in [6.07, 6.45) is 0. The summed E-state index contributed by atoms with van der Waals surface area (Å²) in [5.41, 5.74) is 3.72. The summed E-state index contributed by atoms with van der Waals surface area (Å²) in [4.78, 5) is 27.8. The van der Waals surface area contributed by atoms with Gasteiger partial charge in [-0.15, -0.1) is 0 Å². The number of H-pyrrole nitrogens is 1. The lowest BCUT2D eigenvalue weighted by Gasteiger charge is -2.18. The summed E-state index contributed by atoms with van der Waals surface area (Å²) in [5.74, 6) is -1.69. The molecular formula is C16H20N2O3. The van der Waals surface area contributed by atoms with Gasteiger partial charge in [0.1, 0.15) is 5.69 Å². The van der Waals surface area contributed by atoms with Crippen molar-refractivity contribution in [2.75, 3.05) is 13.6 Å². The molecule has 0 aliphatic rings. The number of rotatable bonds is 4. The van der Waals surface area contributed by atoms with Gasteiger partial charge in [0.15, 0.2) is 0 Å². The third-order valence-electron chi connectivity index (χ3n) is 3.89. The molecule has 0 aliphatic heterocycles. The van der Waals surface area contributed by atoms with E-state index >= 15 is 0 Å². The summed E-state index contributed by atoms with van der Waals surface area (Å²) in [5, 5.41) is 9.94. The summed E-state index contributed by atoms with van der Waals surface area (Å²) in [7, 11) is 1.62. The Kier molecular flexibility index (Phi) is 4.02. The Morgan fingerprint density at radius 2 is 2.00 bits per heavy atom. The van der Waals surface area contributed by atoms with Crippen molar-refractivity contribution in [3.8, 4) is 0 Å². The Labute approximate surface area is 123 Å². The van der Waals surface area contributed by atoms with Gasteiger partial charge in [0.05, 0.1) is 5.92 Å². The van der Waals surface area contributed by atoms with Crippen molar-refractivity contribution < 1.29 is 14.7 Å². The largest absolute Gasteiger partial charge is 0.481 e. The summed E-state index contributed by atoms with van der Waals surface area (Å²) in [6.45, 7) is 5.83. The van der Waals surface area contributed by atoms with Crippen LogP contribution in [-0.4, -0.2) is 40.5 Å². The first-order valence-electron chi connectivity index (χ1n) is 6.88. The average molecular weight is 288 g/mol. The third kappa shape index (κ3) is 2.91. The maximum absolute atomic E-state index is 12.4. The zero-order valence-electron chi connectivity index (χ0n) is 12.7. The monoisotopic (exact) mass is 288 g/mol. The van der Waals surface area contributed by atoms with Crippen LogP contribution >= 0.6 is 0 Å². The van der Waals surface area contributed by atoms with Crippen molar-refractivity contribution in [2.24, 2.45) is 5.92 Å². The second kappa shape index (κ2) is 5.60. The molecular weight excluding hydrogens is 268 g/mol. The minimum absolute atomic E-state index is 0.182. The van der Waals surface area contributed by atoms with Crippen molar-refractivity contribution in [3.05, 3.63) is 35.0 Å². The number of carbonyl (C=O) groups is 2. The molecule has 1 atom stereocenters. The van der Waals surface area contributed by atoms with E-state index in [9.17, 15) is 9.59 Å². The zero-order chi connectivity index (χ0) is 15.7. The number of carboxylic acid groups (broad SMARTS) is 1. The lowest BCUT2D eigenvalue weighted by atomic mass is 10.1. The fourth-order valence-electron chi connectivity index (χ4n) is 2.35. The van der Waals surface area contributed by atoms with Crippen LogP contribution < -0.4 is 0 Å². The molecule has 2 aromatic rings. The van der Waals surface area contributed by atoms with Crippen LogP contribution in [0.3, 0.4) is 0 Å². The van der Waals surface area contributed by atoms with Crippen LogP contribution in [0.25, 0.3) is 10.9 Å². The molecule has 1 aromatic carbocycles. The Bertz CT molecular complexity index is 703. The van der Waals surface area contributed by atoms with Crippen molar-refractivity contribution in [1.29, 1.82) is 0 Å². The van der Waals surface area contributed by atoms with E-state index in [1.165, 1.54) is 10.5 Å². The van der Waals surface area contributed by atoms with Crippen LogP contribution in [0.1, 0.15) is 28.5 Å². The fourth-order valence-corrected chi connectivity index (χ4v) is 2.35. The molecule has 0 bridgehead atoms. The van der Waals surface area contributed by atoms with Gasteiger partial charge in [-0.25, -0.2) is 0 Å². The predicted molar refractivity (Wildman–Crippen MR) is 81.5 cm³/mol. The first-order valence-corrected chi connectivity index (χ1v) is 6.88. The van der Waals surface area contributed by atoms with Crippen LogP contribution in [0, 0.1) is 19.8 Å². The van der Waals surface area contributed by atoms with Gasteiger partial charge < -0.3 is 15.0 Å². The van der Waals surface area contributed by atoms with E-state index in [2.05, 4.69) is 4.98 Å². The molecule has 5 nitrogen and oxygen atoms in total. The van der Waals surface area contributed by atoms with Crippen molar-refractivity contribution in [3.63, 3.8) is 0 Å². The van der Waals surface area contributed by atoms with E-state index < -0.39 is 11.9 Å². The molecule has 1 heterocycles. The Hall–Kier alpha value is -2.30. The van der Waals surface area contributed by atoms with Gasteiger partial charge >= 0.3 is 5.97 Å². The first kappa shape index (κ1) is 15.1. The number of carboxylic acids is 1. The quantitative estimate of drug-likeness (QED) is 0.908. The number of benzene rings is 1. The first-order chi connectivity index (χ1) is 9.81. The third-order valence-corrected chi connectivity index (χ3v) is 3.89. The van der Waals surface area contributed by atoms with Gasteiger partial charge in [0.25, 0.3) is 5.91 Å². The van der Waals surface area contributed by atoms with Gasteiger partial charge in [-0.2, -0.15) is 0 Å². The molecule has 2 N–H and O–H groups in total. The van der Waals surface area contributed by atoms with E-state index in [1.54, 1.807) is 14.0 Å². The maximum Gasteiger partial charge on any atom is 0.308 e. The van der Waals surface area contributed by atoms with Crippen LogP contribution in [0.4, 0.5) is 0 Å². The average Bonchev–Trinajstić information content (AvgIpc) is 2.86. The molecule has 0 saturated heterocycles. The smallest absolute Gasteiger partial charge is 0.308 e. The van der Waals surface area contributed by atoms with E-state index in [1.807, 2.05) is 32.0 Å². The van der Waals surface area contributed by atoms with E-state index in [4.69, 9.17) is 5.11 Å². The topological polar surface area (TPSA) is 73.4 Å². The summed E-state index contributed by atoms with van der Waals surface area (Å²) < 4.78 is 0. The number of aromatic amines is 1. The second-order valence-electron chi connectivity index (χ2n) is 5.58. The highest BCUT2D eigenvalue weighted by Gasteiger charge is 2.20. The predicted octanol–water partition coefficient (Wildman–Crippen LogP) is 2.58. The molecule has 112 valence electrons. The number of aryl methyl sites for hydroxylation is 2.